The van der Waals surface area contributed by atoms with Crippen LogP contribution in [-0.2, 0) is 0 Å². The number of benzene rings is 2. The molecule has 2 aromatic carbocycles. The van der Waals surface area contributed by atoms with Crippen molar-refractivity contribution in [3.63, 3.8) is 0 Å². The van der Waals surface area contributed by atoms with Crippen molar-refractivity contribution in [3.05, 3.63) is 70.7 Å². The molecular formula is C12H9Cl2N5O6. The molecule has 0 saturated heterocycles. The maximum atomic E-state index is 10.3. The Morgan fingerprint density at radius 2 is 1.20 bits per heavy atom. The zero-order chi connectivity index (χ0) is 19.3. The molecule has 2 aromatic rings. The molecule has 0 aliphatic carbocycles. The average Bonchev–Trinajstić information content (AvgIpc) is 2.50. The Bertz CT molecular complexity index is 828. The first-order valence-electron chi connectivity index (χ1n) is 6.11. The van der Waals surface area contributed by atoms with Gasteiger partial charge in [0.1, 0.15) is 5.02 Å². The third kappa shape index (κ3) is 5.44. The Balaban J connectivity index is 0.000000251. The normalized spacial score (nSPS) is 9.68. The van der Waals surface area contributed by atoms with E-state index in [4.69, 9.17) is 34.7 Å². The first-order chi connectivity index (χ1) is 11.5. The molecule has 0 aliphatic heterocycles. The smallest absolute Gasteiger partial charge is 0.289 e. The van der Waals surface area contributed by atoms with Crippen LogP contribution in [0.15, 0.2) is 30.3 Å². The van der Waals surface area contributed by atoms with Gasteiger partial charge in [0.15, 0.2) is 0 Å². The number of nitrogens with zero attached hydrogens (tertiary/aromatic N) is 3. The van der Waals surface area contributed by atoms with E-state index in [0.717, 1.165) is 24.3 Å². The van der Waals surface area contributed by atoms with Gasteiger partial charge in [0.05, 0.1) is 31.5 Å². The number of rotatable bonds is 3. The number of hydrogen-bond donors (Lipinski definition) is 2. The van der Waals surface area contributed by atoms with E-state index in [9.17, 15) is 30.3 Å². The lowest BCUT2D eigenvalue weighted by Crippen LogP contribution is -1.95. The second-order valence-electron chi connectivity index (χ2n) is 4.38. The lowest BCUT2D eigenvalue weighted by atomic mass is 10.2. The third-order valence-electron chi connectivity index (χ3n) is 2.61. The minimum Gasteiger partial charge on any atom is -0.398 e. The van der Waals surface area contributed by atoms with Gasteiger partial charge in [0.25, 0.3) is 17.1 Å². The van der Waals surface area contributed by atoms with Gasteiger partial charge in [-0.15, -0.1) is 0 Å². The summed E-state index contributed by atoms with van der Waals surface area (Å²) < 4.78 is 0. The van der Waals surface area contributed by atoms with Crippen molar-refractivity contribution >= 4 is 51.6 Å². The molecule has 11 nitrogen and oxygen atoms in total. The van der Waals surface area contributed by atoms with Crippen LogP contribution in [0.3, 0.4) is 0 Å². The largest absolute Gasteiger partial charge is 0.398 e. The standard InChI is InChI=1S/C6H4Cl2N2O2.C6H5N3O4/c7-3-2-6(10(11)12)4(8)1-5(3)9;7-4-1-5(8(10)11)3-6(2-4)9(12)13/h1-2H,9H2;1-3H,7H2. The molecule has 25 heavy (non-hydrogen) atoms. The zero-order valence-corrected chi connectivity index (χ0v) is 13.6. The fraction of sp³-hybridized carbons (Fsp3) is 0. The molecule has 0 saturated carbocycles. The molecule has 0 bridgehead atoms. The predicted octanol–water partition coefficient (Wildman–Crippen LogP) is 3.57. The first kappa shape index (κ1) is 19.9. The molecule has 0 aliphatic rings. The summed E-state index contributed by atoms with van der Waals surface area (Å²) in [6, 6.07) is 5.36. The Morgan fingerprint density at radius 3 is 1.60 bits per heavy atom. The fourth-order valence-corrected chi connectivity index (χ4v) is 1.92. The molecule has 0 fully saturated rings. The molecule has 0 atom stereocenters. The molecule has 0 aromatic heterocycles. The van der Waals surface area contributed by atoms with Crippen LogP contribution in [0.2, 0.25) is 10.0 Å². The summed E-state index contributed by atoms with van der Waals surface area (Å²) in [4.78, 5) is 28.7. The van der Waals surface area contributed by atoms with Crippen LogP contribution in [0.1, 0.15) is 0 Å². The van der Waals surface area contributed by atoms with Crippen molar-refractivity contribution in [1.82, 2.24) is 0 Å². The van der Waals surface area contributed by atoms with E-state index in [1.54, 1.807) is 0 Å². The summed E-state index contributed by atoms with van der Waals surface area (Å²) in [6.45, 7) is 0. The molecule has 0 unspecified atom stereocenters. The van der Waals surface area contributed by atoms with Gasteiger partial charge in [-0.05, 0) is 6.07 Å². The van der Waals surface area contributed by atoms with Gasteiger partial charge in [-0.25, -0.2) is 0 Å². The molecule has 0 amide bonds. The summed E-state index contributed by atoms with van der Waals surface area (Å²) in [5.41, 5.74) is 9.80. The van der Waals surface area contributed by atoms with Gasteiger partial charge >= 0.3 is 0 Å². The van der Waals surface area contributed by atoms with Gasteiger partial charge in [-0.3, -0.25) is 30.3 Å². The van der Waals surface area contributed by atoms with Crippen molar-refractivity contribution in [3.8, 4) is 0 Å². The molecule has 4 N–H and O–H groups in total. The minimum absolute atomic E-state index is 0.000833. The monoisotopic (exact) mass is 389 g/mol. The van der Waals surface area contributed by atoms with E-state index in [1.165, 1.54) is 6.07 Å². The lowest BCUT2D eigenvalue weighted by molar-refractivity contribution is -0.394. The molecule has 0 radical (unpaired) electrons. The quantitative estimate of drug-likeness (QED) is 0.453. The van der Waals surface area contributed by atoms with E-state index in [0.29, 0.717) is 0 Å². The lowest BCUT2D eigenvalue weighted by Gasteiger charge is -1.98. The van der Waals surface area contributed by atoms with Crippen LogP contribution in [-0.4, -0.2) is 14.8 Å². The number of non-ortho nitro benzene ring substituents is 2. The van der Waals surface area contributed by atoms with Crippen LogP contribution < -0.4 is 11.5 Å². The average molecular weight is 390 g/mol. The number of nitro groups is 3. The van der Waals surface area contributed by atoms with Gasteiger partial charge < -0.3 is 11.5 Å². The van der Waals surface area contributed by atoms with Crippen LogP contribution >= 0.6 is 23.2 Å². The Morgan fingerprint density at radius 1 is 0.720 bits per heavy atom. The summed E-state index contributed by atoms with van der Waals surface area (Å²) in [6.07, 6.45) is 0. The van der Waals surface area contributed by atoms with E-state index >= 15 is 0 Å². The van der Waals surface area contributed by atoms with E-state index in [1.807, 2.05) is 0 Å². The molecule has 0 spiro atoms. The van der Waals surface area contributed by atoms with E-state index in [2.05, 4.69) is 0 Å². The second-order valence-corrected chi connectivity index (χ2v) is 5.19. The summed E-state index contributed by atoms with van der Waals surface area (Å²) in [5.74, 6) is 0. The highest BCUT2D eigenvalue weighted by molar-refractivity contribution is 6.36. The fourth-order valence-electron chi connectivity index (χ4n) is 1.52. The molecule has 132 valence electrons. The maximum absolute atomic E-state index is 10.3. The third-order valence-corrected chi connectivity index (χ3v) is 3.24. The van der Waals surface area contributed by atoms with Crippen molar-refractivity contribution in [1.29, 1.82) is 0 Å². The summed E-state index contributed by atoms with van der Waals surface area (Å²) in [5, 5.41) is 30.9. The number of anilines is 2. The van der Waals surface area contributed by atoms with Crippen molar-refractivity contribution in [2.75, 3.05) is 11.5 Å². The molecule has 0 heterocycles. The topological polar surface area (TPSA) is 181 Å². The summed E-state index contributed by atoms with van der Waals surface area (Å²) in [7, 11) is 0. The van der Waals surface area contributed by atoms with Crippen LogP contribution in [0.5, 0.6) is 0 Å². The van der Waals surface area contributed by atoms with Crippen molar-refractivity contribution < 1.29 is 14.8 Å². The van der Waals surface area contributed by atoms with Crippen molar-refractivity contribution in [2.24, 2.45) is 0 Å². The highest BCUT2D eigenvalue weighted by atomic mass is 35.5. The van der Waals surface area contributed by atoms with Crippen LogP contribution in [0.25, 0.3) is 0 Å². The Hall–Kier alpha value is -3.18. The van der Waals surface area contributed by atoms with Crippen LogP contribution in [0, 0.1) is 30.3 Å². The van der Waals surface area contributed by atoms with E-state index < -0.39 is 14.8 Å². The van der Waals surface area contributed by atoms with Gasteiger partial charge in [0, 0.05) is 23.9 Å². The molecular weight excluding hydrogens is 381 g/mol. The minimum atomic E-state index is -0.733. The number of nitrogens with two attached hydrogens (primary N) is 2. The van der Waals surface area contributed by atoms with Crippen molar-refractivity contribution in [2.45, 2.75) is 0 Å². The number of nitrogen functional groups attached to an aromatic ring is 2. The highest BCUT2D eigenvalue weighted by Crippen LogP contribution is 2.31. The molecule has 13 heteroatoms. The highest BCUT2D eigenvalue weighted by Gasteiger charge is 2.15. The SMILES string of the molecule is Nc1cc(Cl)c([N+](=O)[O-])cc1Cl.Nc1cc([N+](=O)[O-])cc([N+](=O)[O-])c1. The Kier molecular flexibility index (Phi) is 6.42. The second kappa shape index (κ2) is 8.08. The van der Waals surface area contributed by atoms with Gasteiger partial charge in [-0.1, -0.05) is 23.2 Å². The Labute approximate surface area is 149 Å². The van der Waals surface area contributed by atoms with Gasteiger partial charge in [0.2, 0.25) is 0 Å². The molecule has 2 rings (SSSR count). The zero-order valence-electron chi connectivity index (χ0n) is 12.1. The maximum Gasteiger partial charge on any atom is 0.289 e. The number of halogens is 2. The predicted molar refractivity (Wildman–Crippen MR) is 91.7 cm³/mol. The number of hydrogen-bond acceptors (Lipinski definition) is 8. The first-order valence-corrected chi connectivity index (χ1v) is 6.86. The van der Waals surface area contributed by atoms with E-state index in [-0.39, 0.29) is 38.5 Å². The van der Waals surface area contributed by atoms with Gasteiger partial charge in [-0.2, -0.15) is 0 Å². The van der Waals surface area contributed by atoms with Crippen LogP contribution in [0.4, 0.5) is 28.4 Å². The summed E-state index contributed by atoms with van der Waals surface area (Å²) >= 11 is 11.1. The number of nitro benzene ring substituents is 3.